The van der Waals surface area contributed by atoms with Crippen molar-refractivity contribution in [1.29, 1.82) is 0 Å². The van der Waals surface area contributed by atoms with Crippen molar-refractivity contribution < 1.29 is 8.85 Å². The van der Waals surface area contributed by atoms with Gasteiger partial charge in [0.05, 0.1) is 6.10 Å². The molecule has 144 valence electrons. The van der Waals surface area contributed by atoms with Crippen molar-refractivity contribution in [3.05, 3.63) is 29.3 Å². The Morgan fingerprint density at radius 3 is 2.04 bits per heavy atom. The highest BCUT2D eigenvalue weighted by molar-refractivity contribution is 9.08. The molecule has 0 aliphatic rings. The molecule has 0 saturated carbocycles. The SMILES string of the molecule is C[SiH](C)OC(c1cc(CBr)ccc1O[Si](C)(C)C(C)(C)C)C(C)(C)C. The predicted molar refractivity (Wildman–Crippen MR) is 119 cm³/mol. The fourth-order valence-electron chi connectivity index (χ4n) is 2.42. The van der Waals surface area contributed by atoms with E-state index in [4.69, 9.17) is 8.85 Å². The van der Waals surface area contributed by atoms with Crippen molar-refractivity contribution in [3.8, 4) is 5.75 Å². The van der Waals surface area contributed by atoms with E-state index in [2.05, 4.69) is 102 Å². The number of halogens is 1. The average molecular weight is 446 g/mol. The Balaban J connectivity index is 3.45. The summed E-state index contributed by atoms with van der Waals surface area (Å²) in [6.45, 7) is 22.7. The van der Waals surface area contributed by atoms with Crippen LogP contribution in [0.3, 0.4) is 0 Å². The fourth-order valence-corrected chi connectivity index (χ4v) is 4.91. The molecule has 1 aromatic carbocycles. The van der Waals surface area contributed by atoms with Gasteiger partial charge in [0, 0.05) is 10.9 Å². The Morgan fingerprint density at radius 1 is 1.08 bits per heavy atom. The molecular formula is C20H37BrO2Si2. The van der Waals surface area contributed by atoms with Crippen LogP contribution in [-0.2, 0) is 9.76 Å². The van der Waals surface area contributed by atoms with Crippen molar-refractivity contribution in [2.45, 2.75) is 84.2 Å². The zero-order chi connectivity index (χ0) is 19.6. The quantitative estimate of drug-likeness (QED) is 0.345. The topological polar surface area (TPSA) is 18.5 Å². The molecule has 0 fully saturated rings. The number of alkyl halides is 1. The van der Waals surface area contributed by atoms with E-state index in [0.717, 1.165) is 11.1 Å². The third kappa shape index (κ3) is 6.22. The van der Waals surface area contributed by atoms with E-state index in [-0.39, 0.29) is 16.6 Å². The van der Waals surface area contributed by atoms with E-state index in [1.165, 1.54) is 11.1 Å². The summed E-state index contributed by atoms with van der Waals surface area (Å²) in [6, 6.07) is 6.58. The Kier molecular flexibility index (Phi) is 7.59. The second-order valence-corrected chi connectivity index (χ2v) is 17.5. The second-order valence-electron chi connectivity index (χ2n) is 9.80. The molecule has 0 aliphatic carbocycles. The molecule has 0 radical (unpaired) electrons. The molecule has 1 atom stereocenters. The lowest BCUT2D eigenvalue weighted by atomic mass is 9.84. The molecule has 0 spiro atoms. The van der Waals surface area contributed by atoms with Crippen molar-refractivity contribution in [3.63, 3.8) is 0 Å². The van der Waals surface area contributed by atoms with Crippen LogP contribution >= 0.6 is 15.9 Å². The van der Waals surface area contributed by atoms with Crippen LogP contribution < -0.4 is 4.43 Å². The van der Waals surface area contributed by atoms with Crippen molar-refractivity contribution in [2.75, 3.05) is 0 Å². The van der Waals surface area contributed by atoms with Crippen molar-refractivity contribution in [2.24, 2.45) is 5.41 Å². The van der Waals surface area contributed by atoms with E-state index < -0.39 is 17.4 Å². The first-order valence-corrected chi connectivity index (χ1v) is 16.0. The van der Waals surface area contributed by atoms with Gasteiger partial charge in [0.25, 0.3) is 0 Å². The molecular weight excluding hydrogens is 408 g/mol. The monoisotopic (exact) mass is 444 g/mol. The van der Waals surface area contributed by atoms with Gasteiger partial charge in [0.15, 0.2) is 9.04 Å². The van der Waals surface area contributed by atoms with Gasteiger partial charge in [0.2, 0.25) is 8.32 Å². The molecule has 1 aromatic rings. The van der Waals surface area contributed by atoms with Gasteiger partial charge in [-0.2, -0.15) is 0 Å². The highest BCUT2D eigenvalue weighted by Gasteiger charge is 2.40. The Bertz CT molecular complexity index is 572. The maximum absolute atomic E-state index is 6.71. The lowest BCUT2D eigenvalue weighted by Crippen LogP contribution is -2.44. The molecule has 0 aromatic heterocycles. The van der Waals surface area contributed by atoms with Gasteiger partial charge < -0.3 is 8.85 Å². The number of benzene rings is 1. The lowest BCUT2D eigenvalue weighted by Gasteiger charge is -2.39. The average Bonchev–Trinajstić information content (AvgIpc) is 2.42. The summed E-state index contributed by atoms with van der Waals surface area (Å²) < 4.78 is 13.2. The zero-order valence-corrected chi connectivity index (χ0v) is 21.5. The van der Waals surface area contributed by atoms with Gasteiger partial charge in [0.1, 0.15) is 5.75 Å². The number of hydrogen-bond donors (Lipinski definition) is 0. The summed E-state index contributed by atoms with van der Waals surface area (Å²) in [6.07, 6.45) is 0.0536. The second kappa shape index (κ2) is 8.28. The summed E-state index contributed by atoms with van der Waals surface area (Å²) in [7, 11) is -3.09. The minimum atomic E-state index is -1.91. The van der Waals surface area contributed by atoms with Gasteiger partial charge in [-0.1, -0.05) is 63.5 Å². The number of hydrogen-bond acceptors (Lipinski definition) is 2. The largest absolute Gasteiger partial charge is 0.543 e. The number of rotatable bonds is 6. The molecule has 5 heteroatoms. The first-order chi connectivity index (χ1) is 11.2. The van der Waals surface area contributed by atoms with Crippen molar-refractivity contribution in [1.82, 2.24) is 0 Å². The molecule has 25 heavy (non-hydrogen) atoms. The predicted octanol–water partition coefficient (Wildman–Crippen LogP) is 7.05. The molecule has 0 aliphatic heterocycles. The van der Waals surface area contributed by atoms with E-state index in [1.807, 2.05) is 0 Å². The van der Waals surface area contributed by atoms with E-state index in [1.54, 1.807) is 0 Å². The van der Waals surface area contributed by atoms with Crippen LogP contribution in [-0.4, -0.2) is 17.4 Å². The molecule has 0 bridgehead atoms. The molecule has 2 nitrogen and oxygen atoms in total. The summed E-state index contributed by atoms with van der Waals surface area (Å²) in [5, 5.41) is 1.01. The third-order valence-corrected chi connectivity index (χ3v) is 10.7. The fraction of sp³-hybridized carbons (Fsp3) is 0.700. The summed E-state index contributed by atoms with van der Waals surface area (Å²) in [5.74, 6) is 1.01. The summed E-state index contributed by atoms with van der Waals surface area (Å²) in [5.41, 5.74) is 2.49. The highest BCUT2D eigenvalue weighted by atomic mass is 79.9. The van der Waals surface area contributed by atoms with E-state index in [0.29, 0.717) is 0 Å². The molecule has 0 saturated heterocycles. The first-order valence-electron chi connectivity index (χ1n) is 9.22. The molecule has 0 amide bonds. The van der Waals surface area contributed by atoms with Crippen LogP contribution in [0.15, 0.2) is 18.2 Å². The van der Waals surface area contributed by atoms with Gasteiger partial charge in [-0.25, -0.2) is 0 Å². The lowest BCUT2D eigenvalue weighted by molar-refractivity contribution is 0.0848. The van der Waals surface area contributed by atoms with Crippen LogP contribution in [0.5, 0.6) is 5.75 Å². The van der Waals surface area contributed by atoms with Crippen LogP contribution in [0.25, 0.3) is 0 Å². The van der Waals surface area contributed by atoms with Crippen molar-refractivity contribution >= 4 is 33.3 Å². The van der Waals surface area contributed by atoms with Gasteiger partial charge >= 0.3 is 0 Å². The molecule has 1 rings (SSSR count). The van der Waals surface area contributed by atoms with Crippen LogP contribution in [0.1, 0.15) is 58.8 Å². The van der Waals surface area contributed by atoms with Gasteiger partial charge in [-0.3, -0.25) is 0 Å². The minimum Gasteiger partial charge on any atom is -0.543 e. The Morgan fingerprint density at radius 2 is 1.64 bits per heavy atom. The van der Waals surface area contributed by atoms with Gasteiger partial charge in [-0.15, -0.1) is 0 Å². The normalized spacial score (nSPS) is 14.7. The highest BCUT2D eigenvalue weighted by Crippen LogP contribution is 2.44. The maximum Gasteiger partial charge on any atom is 0.250 e. The Hall–Kier alpha value is -0.106. The first kappa shape index (κ1) is 22.9. The third-order valence-electron chi connectivity index (χ3n) is 4.88. The summed E-state index contributed by atoms with van der Waals surface area (Å²) in [4.78, 5) is 0. The van der Waals surface area contributed by atoms with Crippen LogP contribution in [0.4, 0.5) is 0 Å². The van der Waals surface area contributed by atoms with Crippen LogP contribution in [0.2, 0.25) is 31.2 Å². The van der Waals surface area contributed by atoms with Gasteiger partial charge in [-0.05, 0) is 54.3 Å². The Labute approximate surface area is 166 Å². The standard InChI is InChI=1S/C20H37BrO2Si2/c1-19(2,3)18(22-24(7)8)16-13-15(14-21)11-12-17(16)23-25(9,10)20(4,5)6/h11-13,18,24H,14H2,1-10H3. The van der Waals surface area contributed by atoms with Crippen LogP contribution in [0, 0.1) is 5.41 Å². The molecule has 0 N–H and O–H groups in total. The maximum atomic E-state index is 6.71. The minimum absolute atomic E-state index is 0.0216. The summed E-state index contributed by atoms with van der Waals surface area (Å²) >= 11 is 3.60. The smallest absolute Gasteiger partial charge is 0.250 e. The molecule has 1 unspecified atom stereocenters. The molecule has 0 heterocycles. The zero-order valence-electron chi connectivity index (χ0n) is 17.8. The van der Waals surface area contributed by atoms with E-state index in [9.17, 15) is 0 Å². The van der Waals surface area contributed by atoms with E-state index >= 15 is 0 Å².